The van der Waals surface area contributed by atoms with Crippen LogP contribution in [-0.2, 0) is 13.0 Å². The van der Waals surface area contributed by atoms with Crippen molar-refractivity contribution >= 4 is 0 Å². The Hall–Kier alpha value is -1.68. The van der Waals surface area contributed by atoms with Gasteiger partial charge >= 0.3 is 0 Å². The van der Waals surface area contributed by atoms with Gasteiger partial charge in [0, 0.05) is 6.42 Å². The third-order valence-electron chi connectivity index (χ3n) is 2.20. The lowest BCUT2D eigenvalue weighted by Gasteiger charge is -1.97. The van der Waals surface area contributed by atoms with Crippen molar-refractivity contribution in [1.29, 1.82) is 0 Å². The second-order valence-electron chi connectivity index (χ2n) is 3.56. The zero-order valence-corrected chi connectivity index (χ0v) is 9.03. The van der Waals surface area contributed by atoms with Gasteiger partial charge in [0.2, 0.25) is 0 Å². The first kappa shape index (κ1) is 10.8. The van der Waals surface area contributed by atoms with Crippen molar-refractivity contribution in [3.63, 3.8) is 0 Å². The smallest absolute Gasteiger partial charge is 0.198 e. The Kier molecular flexibility index (Phi) is 3.31. The van der Waals surface area contributed by atoms with E-state index >= 15 is 0 Å². The number of rotatable bonds is 4. The number of nitrogens with zero attached hydrogens (tertiary/aromatic N) is 1. The molecule has 0 amide bonds. The van der Waals surface area contributed by atoms with E-state index < -0.39 is 0 Å². The van der Waals surface area contributed by atoms with Crippen molar-refractivity contribution in [2.24, 2.45) is 0 Å². The van der Waals surface area contributed by atoms with E-state index in [0.29, 0.717) is 18.9 Å². The maximum Gasteiger partial charge on any atom is 0.198 e. The predicted octanol–water partition coefficient (Wildman–Crippen LogP) is 2.12. The molecule has 2 rings (SSSR count). The molecule has 0 bridgehead atoms. The molecule has 0 fully saturated rings. The average Bonchev–Trinajstić information content (AvgIpc) is 2.66. The van der Waals surface area contributed by atoms with Gasteiger partial charge in [-0.2, -0.15) is 0 Å². The molecule has 2 aromatic rings. The van der Waals surface area contributed by atoms with Gasteiger partial charge in [-0.05, 0) is 24.7 Å². The second kappa shape index (κ2) is 4.90. The molecule has 1 aromatic carbocycles. The van der Waals surface area contributed by atoms with E-state index in [4.69, 9.17) is 4.42 Å². The van der Waals surface area contributed by atoms with Gasteiger partial charge in [0.15, 0.2) is 5.89 Å². The molecule has 84 valence electrons. The normalized spacial score (nSPS) is 10.6. The van der Waals surface area contributed by atoms with Gasteiger partial charge in [0.05, 0.1) is 12.7 Å². The molecule has 3 nitrogen and oxygen atoms in total. The van der Waals surface area contributed by atoms with Crippen LogP contribution in [0.5, 0.6) is 0 Å². The lowest BCUT2D eigenvalue weighted by atomic mass is 10.1. The summed E-state index contributed by atoms with van der Waals surface area (Å²) < 4.78 is 18.4. The highest BCUT2D eigenvalue weighted by Gasteiger charge is 2.04. The largest absolute Gasteiger partial charge is 0.444 e. The molecular weight excluding hydrogens is 207 g/mol. The number of nitrogens with one attached hydrogen (secondary N) is 1. The third kappa shape index (κ3) is 2.67. The Morgan fingerprint density at radius 3 is 3.06 bits per heavy atom. The molecule has 1 heterocycles. The van der Waals surface area contributed by atoms with E-state index in [2.05, 4.69) is 10.3 Å². The summed E-state index contributed by atoms with van der Waals surface area (Å²) in [6.45, 7) is 0.649. The van der Waals surface area contributed by atoms with Crippen molar-refractivity contribution in [3.8, 4) is 0 Å². The molecule has 0 saturated heterocycles. The van der Waals surface area contributed by atoms with E-state index in [1.807, 2.05) is 13.1 Å². The summed E-state index contributed by atoms with van der Waals surface area (Å²) in [6, 6.07) is 6.45. The summed E-state index contributed by atoms with van der Waals surface area (Å²) in [4.78, 5) is 4.13. The molecule has 0 radical (unpaired) electrons. The molecule has 0 spiro atoms. The predicted molar refractivity (Wildman–Crippen MR) is 58.5 cm³/mol. The number of hydrogen-bond acceptors (Lipinski definition) is 3. The second-order valence-corrected chi connectivity index (χ2v) is 3.56. The Morgan fingerprint density at radius 2 is 2.31 bits per heavy atom. The standard InChI is InChI=1S/C12H13FN2O/c1-14-7-11-8-15-12(16-11)6-9-3-2-4-10(13)5-9/h2-5,8,14H,6-7H2,1H3. The van der Waals surface area contributed by atoms with Crippen LogP contribution in [0.4, 0.5) is 4.39 Å². The minimum Gasteiger partial charge on any atom is -0.444 e. The Bertz CT molecular complexity index is 468. The quantitative estimate of drug-likeness (QED) is 0.857. The average molecular weight is 220 g/mol. The molecule has 0 aliphatic carbocycles. The summed E-state index contributed by atoms with van der Waals surface area (Å²) in [5.74, 6) is 1.16. The molecule has 0 unspecified atom stereocenters. The van der Waals surface area contributed by atoms with Crippen LogP contribution in [0.1, 0.15) is 17.2 Å². The molecule has 16 heavy (non-hydrogen) atoms. The van der Waals surface area contributed by atoms with Crippen molar-refractivity contribution in [2.75, 3.05) is 7.05 Å². The third-order valence-corrected chi connectivity index (χ3v) is 2.20. The lowest BCUT2D eigenvalue weighted by molar-refractivity contribution is 0.453. The lowest BCUT2D eigenvalue weighted by Crippen LogP contribution is -2.03. The van der Waals surface area contributed by atoms with Crippen molar-refractivity contribution in [1.82, 2.24) is 10.3 Å². The molecule has 0 aliphatic rings. The minimum atomic E-state index is -0.237. The van der Waals surface area contributed by atoms with Crippen LogP contribution >= 0.6 is 0 Å². The highest BCUT2D eigenvalue weighted by atomic mass is 19.1. The zero-order chi connectivity index (χ0) is 11.4. The highest BCUT2D eigenvalue weighted by Crippen LogP contribution is 2.11. The van der Waals surface area contributed by atoms with Gasteiger partial charge in [-0.3, -0.25) is 0 Å². The van der Waals surface area contributed by atoms with Crippen LogP contribution in [-0.4, -0.2) is 12.0 Å². The molecule has 4 heteroatoms. The van der Waals surface area contributed by atoms with Gasteiger partial charge in [0.25, 0.3) is 0 Å². The highest BCUT2D eigenvalue weighted by molar-refractivity contribution is 5.19. The summed E-state index contributed by atoms with van der Waals surface area (Å²) in [7, 11) is 1.84. The fraction of sp³-hybridized carbons (Fsp3) is 0.250. The monoisotopic (exact) mass is 220 g/mol. The van der Waals surface area contributed by atoms with Crippen molar-refractivity contribution < 1.29 is 8.81 Å². The zero-order valence-electron chi connectivity index (χ0n) is 9.03. The topological polar surface area (TPSA) is 38.1 Å². The van der Waals surface area contributed by atoms with Crippen LogP contribution < -0.4 is 5.32 Å². The van der Waals surface area contributed by atoms with Gasteiger partial charge < -0.3 is 9.73 Å². The number of aromatic nitrogens is 1. The minimum absolute atomic E-state index is 0.237. The fourth-order valence-electron chi connectivity index (χ4n) is 1.51. The molecule has 0 saturated carbocycles. The summed E-state index contributed by atoms with van der Waals surface area (Å²) in [6.07, 6.45) is 2.20. The van der Waals surface area contributed by atoms with E-state index in [0.717, 1.165) is 11.3 Å². The maximum atomic E-state index is 12.9. The Balaban J connectivity index is 2.08. The van der Waals surface area contributed by atoms with Crippen LogP contribution in [0.25, 0.3) is 0 Å². The van der Waals surface area contributed by atoms with Crippen LogP contribution in [0.15, 0.2) is 34.9 Å². The van der Waals surface area contributed by atoms with Crippen molar-refractivity contribution in [3.05, 3.63) is 53.5 Å². The first-order valence-corrected chi connectivity index (χ1v) is 5.10. The summed E-state index contributed by atoms with van der Waals surface area (Å²) in [5, 5.41) is 2.98. The van der Waals surface area contributed by atoms with Crippen molar-refractivity contribution in [2.45, 2.75) is 13.0 Å². The van der Waals surface area contributed by atoms with Gasteiger partial charge in [-0.25, -0.2) is 9.37 Å². The van der Waals surface area contributed by atoms with E-state index in [9.17, 15) is 4.39 Å². The molecular formula is C12H13FN2O. The van der Waals surface area contributed by atoms with Crippen LogP contribution in [0.2, 0.25) is 0 Å². The molecule has 1 N–H and O–H groups in total. The van der Waals surface area contributed by atoms with E-state index in [1.165, 1.54) is 12.1 Å². The molecule has 0 aliphatic heterocycles. The van der Waals surface area contributed by atoms with E-state index in [1.54, 1.807) is 12.3 Å². The number of hydrogen-bond donors (Lipinski definition) is 1. The SMILES string of the molecule is CNCc1cnc(Cc2cccc(F)c2)o1. The maximum absolute atomic E-state index is 12.9. The first-order valence-electron chi connectivity index (χ1n) is 5.10. The van der Waals surface area contributed by atoms with Gasteiger partial charge in [-0.15, -0.1) is 0 Å². The fourth-order valence-corrected chi connectivity index (χ4v) is 1.51. The first-order chi connectivity index (χ1) is 7.78. The summed E-state index contributed by atoms with van der Waals surface area (Å²) in [5.41, 5.74) is 0.859. The van der Waals surface area contributed by atoms with Gasteiger partial charge in [0.1, 0.15) is 11.6 Å². The van der Waals surface area contributed by atoms with Crippen LogP contribution in [0.3, 0.4) is 0 Å². The molecule has 0 atom stereocenters. The Morgan fingerprint density at radius 1 is 1.44 bits per heavy atom. The van der Waals surface area contributed by atoms with Gasteiger partial charge in [-0.1, -0.05) is 12.1 Å². The number of halogens is 1. The van der Waals surface area contributed by atoms with E-state index in [-0.39, 0.29) is 5.82 Å². The number of benzene rings is 1. The number of oxazole rings is 1. The molecule has 1 aromatic heterocycles. The summed E-state index contributed by atoms with van der Waals surface area (Å²) >= 11 is 0. The van der Waals surface area contributed by atoms with Crippen LogP contribution in [0, 0.1) is 5.82 Å². The Labute approximate surface area is 93.3 Å².